The summed E-state index contributed by atoms with van der Waals surface area (Å²) < 4.78 is 10.5. The number of hydrogen-bond donors (Lipinski definition) is 1. The molecule has 0 unspecified atom stereocenters. The highest BCUT2D eigenvalue weighted by Gasteiger charge is 2.25. The van der Waals surface area contributed by atoms with Gasteiger partial charge >= 0.3 is 0 Å². The van der Waals surface area contributed by atoms with Crippen LogP contribution >= 0.6 is 0 Å². The Morgan fingerprint density at radius 3 is 2.50 bits per heavy atom. The number of anilines is 1. The van der Waals surface area contributed by atoms with Crippen molar-refractivity contribution in [3.05, 3.63) is 18.2 Å². The van der Waals surface area contributed by atoms with Crippen molar-refractivity contribution in [1.29, 1.82) is 0 Å². The van der Waals surface area contributed by atoms with E-state index < -0.39 is 0 Å². The maximum absolute atomic E-state index is 5.34. The molecule has 0 spiro atoms. The van der Waals surface area contributed by atoms with Gasteiger partial charge in [-0.1, -0.05) is 6.92 Å². The number of ether oxygens (including phenoxy) is 2. The van der Waals surface area contributed by atoms with E-state index in [4.69, 9.17) is 9.47 Å². The van der Waals surface area contributed by atoms with Gasteiger partial charge in [-0.25, -0.2) is 0 Å². The molecule has 3 nitrogen and oxygen atoms in total. The fourth-order valence-electron chi connectivity index (χ4n) is 2.16. The first-order chi connectivity index (χ1) is 7.72. The molecule has 1 aromatic rings. The van der Waals surface area contributed by atoms with E-state index in [2.05, 4.69) is 12.2 Å². The van der Waals surface area contributed by atoms with Crippen LogP contribution in [-0.2, 0) is 0 Å². The zero-order valence-corrected chi connectivity index (χ0v) is 10.1. The Morgan fingerprint density at radius 1 is 1.19 bits per heavy atom. The van der Waals surface area contributed by atoms with E-state index in [1.807, 2.05) is 18.2 Å². The molecule has 16 heavy (non-hydrogen) atoms. The standard InChI is InChI=1S/C13H19NO2/c1-9-6-10(7-9)14-12-5-4-11(15-2)8-13(12)16-3/h4-5,8-10,14H,6-7H2,1-3H3. The molecule has 1 aromatic carbocycles. The van der Waals surface area contributed by atoms with E-state index in [-0.39, 0.29) is 0 Å². The molecule has 0 aliphatic heterocycles. The molecule has 3 heteroatoms. The molecule has 2 rings (SSSR count). The maximum Gasteiger partial charge on any atom is 0.145 e. The fraction of sp³-hybridized carbons (Fsp3) is 0.538. The van der Waals surface area contributed by atoms with Gasteiger partial charge in [0, 0.05) is 12.1 Å². The quantitative estimate of drug-likeness (QED) is 0.848. The summed E-state index contributed by atoms with van der Waals surface area (Å²) in [7, 11) is 3.35. The van der Waals surface area contributed by atoms with E-state index in [1.165, 1.54) is 12.8 Å². The normalized spacial score (nSPS) is 23.4. The smallest absolute Gasteiger partial charge is 0.145 e. The molecule has 88 valence electrons. The average Bonchev–Trinajstić information content (AvgIpc) is 2.27. The minimum absolute atomic E-state index is 0.595. The highest BCUT2D eigenvalue weighted by atomic mass is 16.5. The van der Waals surface area contributed by atoms with Gasteiger partial charge in [0.25, 0.3) is 0 Å². The molecule has 0 heterocycles. The number of methoxy groups -OCH3 is 2. The second-order valence-corrected chi connectivity index (χ2v) is 4.48. The lowest BCUT2D eigenvalue weighted by Crippen LogP contribution is -2.33. The van der Waals surface area contributed by atoms with Gasteiger partial charge in [0.2, 0.25) is 0 Å². The molecule has 0 aromatic heterocycles. The van der Waals surface area contributed by atoms with E-state index in [9.17, 15) is 0 Å². The van der Waals surface area contributed by atoms with E-state index in [1.54, 1.807) is 14.2 Å². The molecule has 0 atom stereocenters. The van der Waals surface area contributed by atoms with Gasteiger partial charge in [0.15, 0.2) is 0 Å². The number of rotatable bonds is 4. The summed E-state index contributed by atoms with van der Waals surface area (Å²) >= 11 is 0. The third-order valence-electron chi connectivity index (χ3n) is 3.14. The highest BCUT2D eigenvalue weighted by Crippen LogP contribution is 2.34. The van der Waals surface area contributed by atoms with E-state index in [0.29, 0.717) is 6.04 Å². The minimum atomic E-state index is 0.595. The molecule has 1 N–H and O–H groups in total. The Bertz CT molecular complexity index is 359. The molecule has 0 saturated heterocycles. The predicted octanol–water partition coefficient (Wildman–Crippen LogP) is 2.91. The van der Waals surface area contributed by atoms with Crippen LogP contribution in [0.15, 0.2) is 18.2 Å². The first kappa shape index (κ1) is 11.1. The largest absolute Gasteiger partial charge is 0.497 e. The Balaban J connectivity index is 2.07. The molecule has 1 aliphatic carbocycles. The van der Waals surface area contributed by atoms with Gasteiger partial charge in [0.1, 0.15) is 11.5 Å². The van der Waals surface area contributed by atoms with Gasteiger partial charge in [-0.05, 0) is 30.9 Å². The van der Waals surface area contributed by atoms with Crippen LogP contribution in [0.25, 0.3) is 0 Å². The van der Waals surface area contributed by atoms with Crippen molar-refractivity contribution in [1.82, 2.24) is 0 Å². The Kier molecular flexibility index (Phi) is 3.22. The Hall–Kier alpha value is -1.38. The molecule has 0 radical (unpaired) electrons. The maximum atomic E-state index is 5.34. The number of benzene rings is 1. The van der Waals surface area contributed by atoms with Crippen LogP contribution in [0.2, 0.25) is 0 Å². The van der Waals surface area contributed by atoms with Crippen LogP contribution in [0.5, 0.6) is 11.5 Å². The molecular weight excluding hydrogens is 202 g/mol. The average molecular weight is 221 g/mol. The molecule has 0 bridgehead atoms. The van der Waals surface area contributed by atoms with Crippen LogP contribution in [0, 0.1) is 5.92 Å². The Morgan fingerprint density at radius 2 is 1.94 bits per heavy atom. The van der Waals surface area contributed by atoms with Crippen LogP contribution < -0.4 is 14.8 Å². The van der Waals surface area contributed by atoms with Gasteiger partial charge in [-0.15, -0.1) is 0 Å². The van der Waals surface area contributed by atoms with Gasteiger partial charge in [-0.3, -0.25) is 0 Å². The lowest BCUT2D eigenvalue weighted by atomic mass is 9.82. The lowest BCUT2D eigenvalue weighted by Gasteiger charge is -2.34. The zero-order chi connectivity index (χ0) is 11.5. The summed E-state index contributed by atoms with van der Waals surface area (Å²) in [5.74, 6) is 2.52. The lowest BCUT2D eigenvalue weighted by molar-refractivity contribution is 0.308. The second-order valence-electron chi connectivity index (χ2n) is 4.48. The van der Waals surface area contributed by atoms with Crippen molar-refractivity contribution < 1.29 is 9.47 Å². The van der Waals surface area contributed by atoms with Crippen molar-refractivity contribution in [3.63, 3.8) is 0 Å². The van der Waals surface area contributed by atoms with Crippen molar-refractivity contribution >= 4 is 5.69 Å². The first-order valence-electron chi connectivity index (χ1n) is 5.71. The topological polar surface area (TPSA) is 30.5 Å². The highest BCUT2D eigenvalue weighted by molar-refractivity contribution is 5.59. The third kappa shape index (κ3) is 2.23. The molecule has 1 aliphatic rings. The summed E-state index contributed by atoms with van der Waals surface area (Å²) in [5.41, 5.74) is 1.06. The van der Waals surface area contributed by atoms with Crippen LogP contribution in [0.4, 0.5) is 5.69 Å². The summed E-state index contributed by atoms with van der Waals surface area (Å²) in [6.07, 6.45) is 2.49. The predicted molar refractivity (Wildman–Crippen MR) is 65.4 cm³/mol. The van der Waals surface area contributed by atoms with Gasteiger partial charge < -0.3 is 14.8 Å². The Labute approximate surface area is 96.8 Å². The summed E-state index contributed by atoms with van der Waals surface area (Å²) in [6.45, 7) is 2.28. The third-order valence-corrected chi connectivity index (χ3v) is 3.14. The SMILES string of the molecule is COc1ccc(NC2CC(C)C2)c(OC)c1. The molecule has 1 fully saturated rings. The van der Waals surface area contributed by atoms with Crippen LogP contribution in [0.1, 0.15) is 19.8 Å². The summed E-state index contributed by atoms with van der Waals surface area (Å²) in [5, 5.41) is 3.50. The molecular formula is C13H19NO2. The molecule has 0 amide bonds. The van der Waals surface area contributed by atoms with Crippen LogP contribution in [0.3, 0.4) is 0 Å². The van der Waals surface area contributed by atoms with Gasteiger partial charge in [-0.2, -0.15) is 0 Å². The van der Waals surface area contributed by atoms with E-state index >= 15 is 0 Å². The minimum Gasteiger partial charge on any atom is -0.497 e. The second kappa shape index (κ2) is 4.64. The monoisotopic (exact) mass is 221 g/mol. The first-order valence-corrected chi connectivity index (χ1v) is 5.71. The van der Waals surface area contributed by atoms with Crippen molar-refractivity contribution in [2.24, 2.45) is 5.92 Å². The van der Waals surface area contributed by atoms with E-state index in [0.717, 1.165) is 23.1 Å². The van der Waals surface area contributed by atoms with Crippen LogP contribution in [-0.4, -0.2) is 20.3 Å². The fourth-order valence-corrected chi connectivity index (χ4v) is 2.16. The molecule has 1 saturated carbocycles. The number of nitrogens with one attached hydrogen (secondary N) is 1. The summed E-state index contributed by atoms with van der Waals surface area (Å²) in [4.78, 5) is 0. The summed E-state index contributed by atoms with van der Waals surface area (Å²) in [6, 6.07) is 6.47. The van der Waals surface area contributed by atoms with Gasteiger partial charge in [0.05, 0.1) is 19.9 Å². The van der Waals surface area contributed by atoms with Crippen molar-refractivity contribution in [3.8, 4) is 11.5 Å². The number of hydrogen-bond acceptors (Lipinski definition) is 3. The zero-order valence-electron chi connectivity index (χ0n) is 10.1. The van der Waals surface area contributed by atoms with Crippen molar-refractivity contribution in [2.45, 2.75) is 25.8 Å². The van der Waals surface area contributed by atoms with Crippen molar-refractivity contribution in [2.75, 3.05) is 19.5 Å².